The Morgan fingerprint density at radius 2 is 1.86 bits per heavy atom. The van der Waals surface area contributed by atoms with Crippen molar-refractivity contribution >= 4 is 12.1 Å². The molecule has 1 N–H and O–H groups in total. The molecule has 0 bridgehead atoms. The summed E-state index contributed by atoms with van der Waals surface area (Å²) in [7, 11) is 2.85. The summed E-state index contributed by atoms with van der Waals surface area (Å²) in [5, 5.41) is 2.48. The van der Waals surface area contributed by atoms with Crippen molar-refractivity contribution < 1.29 is 23.8 Å². The molecule has 6 heteroatoms. The fourth-order valence-corrected chi connectivity index (χ4v) is 1.80. The molecule has 0 aromatic heterocycles. The zero-order chi connectivity index (χ0) is 15.7. The quantitative estimate of drug-likeness (QED) is 0.778. The third-order valence-electron chi connectivity index (χ3n) is 2.93. The highest BCUT2D eigenvalue weighted by Crippen LogP contribution is 2.13. The van der Waals surface area contributed by atoms with E-state index >= 15 is 0 Å². The number of ether oxygens (including phenoxy) is 3. The monoisotopic (exact) mass is 295 g/mol. The van der Waals surface area contributed by atoms with E-state index in [-0.39, 0.29) is 6.61 Å². The first-order valence-corrected chi connectivity index (χ1v) is 6.74. The number of hydrogen-bond acceptors (Lipinski definition) is 5. The Balaban J connectivity index is 2.62. The third-order valence-corrected chi connectivity index (χ3v) is 2.93. The fraction of sp³-hybridized carbons (Fsp3) is 0.467. The standard InChI is InChI=1S/C15H21NO5/c1-4-21-14(17)13(16-15(18)20-3)10-7-11-5-8-12(19-2)9-6-11/h5-6,8-9,13H,4,7,10H2,1-3H3,(H,16,18). The highest BCUT2D eigenvalue weighted by atomic mass is 16.5. The Hall–Kier alpha value is -2.24. The predicted molar refractivity (Wildman–Crippen MR) is 77.3 cm³/mol. The lowest BCUT2D eigenvalue weighted by molar-refractivity contribution is -0.145. The molecule has 6 nitrogen and oxygen atoms in total. The number of alkyl carbamates (subject to hydrolysis) is 1. The molecule has 0 saturated heterocycles. The van der Waals surface area contributed by atoms with Crippen LogP contribution >= 0.6 is 0 Å². The van der Waals surface area contributed by atoms with Gasteiger partial charge in [-0.25, -0.2) is 9.59 Å². The molecule has 0 heterocycles. The highest BCUT2D eigenvalue weighted by molar-refractivity contribution is 5.81. The molecule has 1 unspecified atom stereocenters. The van der Waals surface area contributed by atoms with Gasteiger partial charge >= 0.3 is 12.1 Å². The number of nitrogens with one attached hydrogen (secondary N) is 1. The number of carbonyl (C=O) groups is 2. The summed E-state index contributed by atoms with van der Waals surface area (Å²) in [5.74, 6) is 0.310. The van der Waals surface area contributed by atoms with E-state index in [0.29, 0.717) is 12.8 Å². The Morgan fingerprint density at radius 1 is 1.19 bits per heavy atom. The maximum atomic E-state index is 11.8. The lowest BCUT2D eigenvalue weighted by Gasteiger charge is -2.16. The summed E-state index contributed by atoms with van der Waals surface area (Å²) >= 11 is 0. The molecule has 1 rings (SSSR count). The van der Waals surface area contributed by atoms with Gasteiger partial charge in [0.25, 0.3) is 0 Å². The summed E-state index contributed by atoms with van der Waals surface area (Å²) in [4.78, 5) is 23.1. The van der Waals surface area contributed by atoms with Gasteiger partial charge in [0.15, 0.2) is 0 Å². The minimum atomic E-state index is -0.723. The van der Waals surface area contributed by atoms with E-state index in [1.54, 1.807) is 14.0 Å². The van der Waals surface area contributed by atoms with E-state index in [2.05, 4.69) is 10.1 Å². The largest absolute Gasteiger partial charge is 0.497 e. The van der Waals surface area contributed by atoms with Crippen molar-refractivity contribution in [3.05, 3.63) is 29.8 Å². The lowest BCUT2D eigenvalue weighted by atomic mass is 10.1. The van der Waals surface area contributed by atoms with Gasteiger partial charge in [0.1, 0.15) is 11.8 Å². The van der Waals surface area contributed by atoms with Crippen LogP contribution in [0, 0.1) is 0 Å². The fourth-order valence-electron chi connectivity index (χ4n) is 1.80. The second-order valence-electron chi connectivity index (χ2n) is 4.33. The smallest absolute Gasteiger partial charge is 0.407 e. The molecule has 116 valence electrons. The van der Waals surface area contributed by atoms with Crippen LogP contribution in [0.1, 0.15) is 18.9 Å². The summed E-state index contributed by atoms with van der Waals surface area (Å²) in [6, 6.07) is 6.81. The van der Waals surface area contributed by atoms with Crippen molar-refractivity contribution in [2.75, 3.05) is 20.8 Å². The van der Waals surface area contributed by atoms with Crippen molar-refractivity contribution in [3.8, 4) is 5.75 Å². The van der Waals surface area contributed by atoms with Crippen LogP contribution in [0.5, 0.6) is 5.75 Å². The van der Waals surface area contributed by atoms with Gasteiger partial charge in [-0.3, -0.25) is 0 Å². The Labute approximate surface area is 124 Å². The summed E-state index contributed by atoms with van der Waals surface area (Å²) < 4.78 is 14.5. The number of methoxy groups -OCH3 is 2. The van der Waals surface area contributed by atoms with E-state index in [1.165, 1.54) is 7.11 Å². The van der Waals surface area contributed by atoms with Crippen molar-refractivity contribution in [1.29, 1.82) is 0 Å². The normalized spacial score (nSPS) is 11.4. The molecule has 1 aromatic rings. The summed E-state index contributed by atoms with van der Waals surface area (Å²) in [6.45, 7) is 1.98. The van der Waals surface area contributed by atoms with Crippen molar-refractivity contribution in [1.82, 2.24) is 5.32 Å². The molecule has 1 atom stereocenters. The second kappa shape index (κ2) is 8.84. The number of benzene rings is 1. The van der Waals surface area contributed by atoms with Gasteiger partial charge in [-0.1, -0.05) is 12.1 Å². The number of rotatable bonds is 7. The molecule has 1 aromatic carbocycles. The topological polar surface area (TPSA) is 73.9 Å². The van der Waals surface area contributed by atoms with E-state index in [4.69, 9.17) is 9.47 Å². The van der Waals surface area contributed by atoms with Crippen molar-refractivity contribution in [3.63, 3.8) is 0 Å². The highest BCUT2D eigenvalue weighted by Gasteiger charge is 2.22. The van der Waals surface area contributed by atoms with E-state index in [9.17, 15) is 9.59 Å². The van der Waals surface area contributed by atoms with Crippen LogP contribution in [0.2, 0.25) is 0 Å². The molecule has 0 aliphatic carbocycles. The summed E-state index contributed by atoms with van der Waals surface area (Å²) in [6.07, 6.45) is 0.403. The first-order valence-electron chi connectivity index (χ1n) is 6.74. The average molecular weight is 295 g/mol. The number of hydrogen-bond donors (Lipinski definition) is 1. The van der Waals surface area contributed by atoms with E-state index < -0.39 is 18.1 Å². The van der Waals surface area contributed by atoms with Crippen LogP contribution in [0.4, 0.5) is 4.79 Å². The van der Waals surface area contributed by atoms with Gasteiger partial charge in [0.05, 0.1) is 20.8 Å². The van der Waals surface area contributed by atoms with E-state index in [1.807, 2.05) is 24.3 Å². The van der Waals surface area contributed by atoms with Crippen LogP contribution in [0.15, 0.2) is 24.3 Å². The Morgan fingerprint density at radius 3 is 2.38 bits per heavy atom. The second-order valence-corrected chi connectivity index (χ2v) is 4.33. The van der Waals surface area contributed by atoms with Crippen LogP contribution < -0.4 is 10.1 Å². The lowest BCUT2D eigenvalue weighted by Crippen LogP contribution is -2.42. The minimum Gasteiger partial charge on any atom is -0.497 e. The Kier molecular flexibility index (Phi) is 7.08. The number of amides is 1. The first kappa shape index (κ1) is 16.8. The van der Waals surface area contributed by atoms with Crippen LogP contribution in [0.3, 0.4) is 0 Å². The summed E-state index contributed by atoms with van der Waals surface area (Å²) in [5.41, 5.74) is 1.04. The van der Waals surface area contributed by atoms with Crippen molar-refractivity contribution in [2.45, 2.75) is 25.8 Å². The predicted octanol–water partition coefficient (Wildman–Crippen LogP) is 1.92. The van der Waals surface area contributed by atoms with Gasteiger partial charge in [-0.15, -0.1) is 0 Å². The first-order chi connectivity index (χ1) is 10.1. The molecule has 0 saturated carbocycles. The number of aryl methyl sites for hydroxylation is 1. The number of esters is 1. The molecule has 21 heavy (non-hydrogen) atoms. The van der Waals surface area contributed by atoms with E-state index in [0.717, 1.165) is 11.3 Å². The maximum Gasteiger partial charge on any atom is 0.407 e. The molecule has 0 aliphatic rings. The molecular weight excluding hydrogens is 274 g/mol. The SMILES string of the molecule is CCOC(=O)C(CCc1ccc(OC)cc1)NC(=O)OC. The Bertz CT molecular complexity index is 458. The maximum absolute atomic E-state index is 11.8. The molecule has 1 amide bonds. The van der Waals surface area contributed by atoms with Gasteiger partial charge in [-0.05, 0) is 37.5 Å². The zero-order valence-electron chi connectivity index (χ0n) is 12.5. The molecule has 0 aliphatic heterocycles. The third kappa shape index (κ3) is 5.72. The molecule has 0 spiro atoms. The van der Waals surface area contributed by atoms with Crippen molar-refractivity contribution in [2.24, 2.45) is 0 Å². The van der Waals surface area contributed by atoms with Gasteiger partial charge in [-0.2, -0.15) is 0 Å². The average Bonchev–Trinajstić information content (AvgIpc) is 2.51. The van der Waals surface area contributed by atoms with Crippen LogP contribution in [-0.2, 0) is 20.7 Å². The van der Waals surface area contributed by atoms with Gasteiger partial charge in [0.2, 0.25) is 0 Å². The number of carbonyl (C=O) groups excluding carboxylic acids is 2. The minimum absolute atomic E-state index is 0.265. The molecular formula is C15H21NO5. The van der Waals surface area contributed by atoms with Gasteiger partial charge in [0, 0.05) is 0 Å². The van der Waals surface area contributed by atoms with Gasteiger partial charge < -0.3 is 19.5 Å². The zero-order valence-corrected chi connectivity index (χ0v) is 12.5. The van der Waals surface area contributed by atoms with Crippen LogP contribution in [0.25, 0.3) is 0 Å². The van der Waals surface area contributed by atoms with Crippen LogP contribution in [-0.4, -0.2) is 38.9 Å². The molecule has 0 fully saturated rings. The molecule has 0 radical (unpaired) electrons.